The Morgan fingerprint density at radius 3 is 2.88 bits per heavy atom. The van der Waals surface area contributed by atoms with Crippen molar-refractivity contribution in [3.8, 4) is 5.75 Å². The van der Waals surface area contributed by atoms with Crippen molar-refractivity contribution in [2.45, 2.75) is 45.7 Å². The van der Waals surface area contributed by atoms with E-state index in [1.54, 1.807) is 7.11 Å². The Balaban J connectivity index is 1.82. The van der Waals surface area contributed by atoms with Gasteiger partial charge in [0, 0.05) is 12.6 Å². The molecule has 0 heterocycles. The number of nitrogens with one attached hydrogen (secondary N) is 1. The highest BCUT2D eigenvalue weighted by Crippen LogP contribution is 2.34. The first kappa shape index (κ1) is 12.4. The topological polar surface area (TPSA) is 21.3 Å². The van der Waals surface area contributed by atoms with Crippen molar-refractivity contribution in [3.05, 3.63) is 29.3 Å². The number of hydrogen-bond donors (Lipinski definition) is 1. The van der Waals surface area contributed by atoms with E-state index in [0.29, 0.717) is 0 Å². The third-order valence-electron chi connectivity index (χ3n) is 3.61. The Kier molecular flexibility index (Phi) is 4.06. The molecule has 1 aliphatic rings. The summed E-state index contributed by atoms with van der Waals surface area (Å²) in [6, 6.07) is 7.18. The van der Waals surface area contributed by atoms with Crippen LogP contribution in [0.5, 0.6) is 5.75 Å². The van der Waals surface area contributed by atoms with E-state index in [1.165, 1.54) is 30.4 Å². The number of benzene rings is 1. The fourth-order valence-electron chi connectivity index (χ4n) is 2.49. The second kappa shape index (κ2) is 5.54. The van der Waals surface area contributed by atoms with Crippen LogP contribution >= 0.6 is 0 Å². The monoisotopic (exact) mass is 233 g/mol. The summed E-state index contributed by atoms with van der Waals surface area (Å²) < 4.78 is 5.27. The predicted molar refractivity (Wildman–Crippen MR) is 71.4 cm³/mol. The molecule has 0 bridgehead atoms. The van der Waals surface area contributed by atoms with Crippen molar-refractivity contribution in [2.75, 3.05) is 7.11 Å². The lowest BCUT2D eigenvalue weighted by Gasteiger charge is -2.08. The summed E-state index contributed by atoms with van der Waals surface area (Å²) in [6.45, 7) is 5.34. The van der Waals surface area contributed by atoms with Gasteiger partial charge in [-0.05, 0) is 42.9 Å². The second-order valence-electron chi connectivity index (χ2n) is 5.08. The second-order valence-corrected chi connectivity index (χ2v) is 5.08. The van der Waals surface area contributed by atoms with Crippen LogP contribution < -0.4 is 10.1 Å². The van der Waals surface area contributed by atoms with Gasteiger partial charge in [-0.2, -0.15) is 0 Å². The molecule has 0 radical (unpaired) electrons. The Morgan fingerprint density at radius 1 is 1.41 bits per heavy atom. The number of hydrogen-bond acceptors (Lipinski definition) is 2. The predicted octanol–water partition coefficient (Wildman–Crippen LogP) is 3.28. The zero-order valence-electron chi connectivity index (χ0n) is 11.1. The zero-order valence-corrected chi connectivity index (χ0v) is 11.1. The molecule has 1 N–H and O–H groups in total. The molecular formula is C15H23NO. The molecule has 0 amide bonds. The van der Waals surface area contributed by atoms with Crippen molar-refractivity contribution in [1.82, 2.24) is 5.32 Å². The molecule has 2 heteroatoms. The van der Waals surface area contributed by atoms with Crippen LogP contribution in [-0.4, -0.2) is 13.2 Å². The number of aryl methyl sites for hydroxylation is 1. The highest BCUT2D eigenvalue weighted by atomic mass is 16.5. The average Bonchev–Trinajstić information content (AvgIpc) is 3.06. The molecule has 0 aromatic heterocycles. The van der Waals surface area contributed by atoms with Gasteiger partial charge in [0.15, 0.2) is 0 Å². The van der Waals surface area contributed by atoms with Crippen LogP contribution in [0.1, 0.15) is 37.3 Å². The van der Waals surface area contributed by atoms with Crippen LogP contribution in [0, 0.1) is 12.8 Å². The Bertz CT molecular complexity index is 375. The number of methoxy groups -OCH3 is 1. The van der Waals surface area contributed by atoms with Crippen molar-refractivity contribution < 1.29 is 4.74 Å². The molecule has 94 valence electrons. The first-order valence-electron chi connectivity index (χ1n) is 6.61. The van der Waals surface area contributed by atoms with Gasteiger partial charge in [0.2, 0.25) is 0 Å². The summed E-state index contributed by atoms with van der Waals surface area (Å²) in [5, 5.41) is 3.63. The van der Waals surface area contributed by atoms with Crippen LogP contribution in [-0.2, 0) is 6.54 Å². The molecule has 0 saturated heterocycles. The third kappa shape index (κ3) is 3.22. The molecule has 1 fully saturated rings. The van der Waals surface area contributed by atoms with Crippen LogP contribution in [0.3, 0.4) is 0 Å². The van der Waals surface area contributed by atoms with Gasteiger partial charge >= 0.3 is 0 Å². The van der Waals surface area contributed by atoms with E-state index < -0.39 is 0 Å². The standard InChI is InChI=1S/C15H23NO/c1-4-5-13-9-14(13)16-10-12-6-7-15(17-3)11(2)8-12/h6-8,13-14,16H,4-5,9-10H2,1-3H3. The summed E-state index contributed by atoms with van der Waals surface area (Å²) in [6.07, 6.45) is 4.05. The van der Waals surface area contributed by atoms with E-state index in [0.717, 1.165) is 24.3 Å². The number of rotatable bonds is 6. The Labute approximate surface area is 104 Å². The maximum atomic E-state index is 5.27. The lowest BCUT2D eigenvalue weighted by molar-refractivity contribution is 0.411. The van der Waals surface area contributed by atoms with Gasteiger partial charge in [-0.1, -0.05) is 25.5 Å². The highest BCUT2D eigenvalue weighted by Gasteiger charge is 2.35. The minimum Gasteiger partial charge on any atom is -0.496 e. The van der Waals surface area contributed by atoms with Gasteiger partial charge in [-0.15, -0.1) is 0 Å². The molecule has 17 heavy (non-hydrogen) atoms. The Hall–Kier alpha value is -1.02. The van der Waals surface area contributed by atoms with Gasteiger partial charge in [-0.3, -0.25) is 0 Å². The van der Waals surface area contributed by atoms with E-state index >= 15 is 0 Å². The van der Waals surface area contributed by atoms with Crippen molar-refractivity contribution >= 4 is 0 Å². The van der Waals surface area contributed by atoms with Gasteiger partial charge in [0.1, 0.15) is 5.75 Å². The van der Waals surface area contributed by atoms with E-state index in [4.69, 9.17) is 4.74 Å². The Morgan fingerprint density at radius 2 is 2.24 bits per heavy atom. The molecule has 1 aromatic rings. The largest absolute Gasteiger partial charge is 0.496 e. The van der Waals surface area contributed by atoms with E-state index in [-0.39, 0.29) is 0 Å². The minimum absolute atomic E-state index is 0.761. The van der Waals surface area contributed by atoms with Crippen LogP contribution in [0.15, 0.2) is 18.2 Å². The lowest BCUT2D eigenvalue weighted by atomic mass is 10.1. The van der Waals surface area contributed by atoms with E-state index in [9.17, 15) is 0 Å². The van der Waals surface area contributed by atoms with Crippen molar-refractivity contribution in [2.24, 2.45) is 5.92 Å². The summed E-state index contributed by atoms with van der Waals surface area (Å²) in [5.41, 5.74) is 2.57. The van der Waals surface area contributed by atoms with Crippen molar-refractivity contribution in [1.29, 1.82) is 0 Å². The average molecular weight is 233 g/mol. The molecular weight excluding hydrogens is 210 g/mol. The first-order chi connectivity index (χ1) is 8.24. The van der Waals surface area contributed by atoms with E-state index in [1.807, 2.05) is 0 Å². The first-order valence-corrected chi connectivity index (χ1v) is 6.61. The van der Waals surface area contributed by atoms with Crippen LogP contribution in [0.2, 0.25) is 0 Å². The van der Waals surface area contributed by atoms with Gasteiger partial charge in [0.25, 0.3) is 0 Å². The van der Waals surface area contributed by atoms with Gasteiger partial charge in [0.05, 0.1) is 7.11 Å². The fraction of sp³-hybridized carbons (Fsp3) is 0.600. The maximum Gasteiger partial charge on any atom is 0.121 e. The SMILES string of the molecule is CCCC1CC1NCc1ccc(OC)c(C)c1. The summed E-state index contributed by atoms with van der Waals surface area (Å²) in [7, 11) is 1.72. The number of ether oxygens (including phenoxy) is 1. The molecule has 2 unspecified atom stereocenters. The molecule has 1 aliphatic carbocycles. The zero-order chi connectivity index (χ0) is 12.3. The molecule has 2 atom stereocenters. The van der Waals surface area contributed by atoms with Gasteiger partial charge < -0.3 is 10.1 Å². The molecule has 1 aromatic carbocycles. The molecule has 0 spiro atoms. The molecule has 0 aliphatic heterocycles. The molecule has 2 rings (SSSR count). The summed E-state index contributed by atoms with van der Waals surface area (Å²) >= 11 is 0. The smallest absolute Gasteiger partial charge is 0.121 e. The van der Waals surface area contributed by atoms with Gasteiger partial charge in [-0.25, -0.2) is 0 Å². The van der Waals surface area contributed by atoms with Crippen molar-refractivity contribution in [3.63, 3.8) is 0 Å². The minimum atomic E-state index is 0.761. The highest BCUT2D eigenvalue weighted by molar-refractivity contribution is 5.36. The maximum absolute atomic E-state index is 5.27. The summed E-state index contributed by atoms with van der Waals surface area (Å²) in [5.74, 6) is 1.91. The van der Waals surface area contributed by atoms with E-state index in [2.05, 4.69) is 37.4 Å². The van der Waals surface area contributed by atoms with Crippen LogP contribution in [0.4, 0.5) is 0 Å². The lowest BCUT2D eigenvalue weighted by Crippen LogP contribution is -2.17. The quantitative estimate of drug-likeness (QED) is 0.814. The third-order valence-corrected chi connectivity index (χ3v) is 3.61. The van der Waals surface area contributed by atoms with Crippen LogP contribution in [0.25, 0.3) is 0 Å². The summed E-state index contributed by atoms with van der Waals surface area (Å²) in [4.78, 5) is 0. The molecule has 1 saturated carbocycles. The normalized spacial score (nSPS) is 22.5. The molecule has 2 nitrogen and oxygen atoms in total. The fourth-order valence-corrected chi connectivity index (χ4v) is 2.49.